The number of aromatic nitrogens is 13. The molecule has 0 aliphatic rings. The van der Waals surface area contributed by atoms with Gasteiger partial charge in [0.1, 0.15) is 11.3 Å². The van der Waals surface area contributed by atoms with E-state index in [0.717, 1.165) is 28.2 Å². The molecule has 13 heteroatoms. The molecule has 0 saturated heterocycles. The standard InChI is InChI=1S/C14H19N.4C13H18N2.2C12H16N2.7C2H6/c1-10-13(14(2,3)4)11-8-6-7-9-12(11)15(10)5;1-9-12(13(2,3)4)10-8-14-7-6-11(10)15(9)5;1-9-12(13(2,3)4)10-6-7-14-8-11(10)15(9)5;1-9-11(13(2,3)4)12-10(15(9)5)7-6-8-14-12;1-9-11(13(2,3)4)10-7-6-8-14-12(10)15(9)5;1-9-11(12(2,3)4)14-8-6-5-7-10(14)13-9;1-9-11(12(2,3)4)10-7-5-6-8-14(10)13-9;7*1-2/h6-9H,1-5H3;4*6-8H,1-5H3;2*5-8H,1-4H3;7*1-2H3. The minimum absolute atomic E-state index is 0.144. The number of hydrogen-bond donors (Lipinski definition) is 0. The van der Waals surface area contributed by atoms with E-state index in [1.54, 1.807) is 0 Å². The van der Waals surface area contributed by atoms with Gasteiger partial charge in [0, 0.05) is 151 Å². The zero-order chi connectivity index (χ0) is 90.8. The van der Waals surface area contributed by atoms with Crippen molar-refractivity contribution in [2.45, 2.75) is 329 Å². The molecule has 0 aliphatic carbocycles. The lowest BCUT2D eigenvalue weighted by molar-refractivity contribution is 0.559. The number of aryl methyl sites for hydroxylation is 7. The Balaban J connectivity index is 0.000000665. The van der Waals surface area contributed by atoms with Crippen LogP contribution in [0.3, 0.4) is 0 Å². The molecule has 0 amide bonds. The van der Waals surface area contributed by atoms with Crippen LogP contribution in [0.4, 0.5) is 0 Å². The fourth-order valence-electron chi connectivity index (χ4n) is 15.9. The number of imidazole rings is 1. The van der Waals surface area contributed by atoms with Gasteiger partial charge in [0.25, 0.3) is 0 Å². The molecule has 117 heavy (non-hydrogen) atoms. The van der Waals surface area contributed by atoms with Gasteiger partial charge in [-0.05, 0) is 170 Å². The highest BCUT2D eigenvalue weighted by atomic mass is 15.2. The van der Waals surface area contributed by atoms with Gasteiger partial charge in [-0.3, -0.25) is 15.0 Å². The molecular formula is C104H165N13. The van der Waals surface area contributed by atoms with E-state index in [9.17, 15) is 0 Å². The smallest absolute Gasteiger partial charge is 0.140 e. The third-order valence-corrected chi connectivity index (χ3v) is 20.1. The van der Waals surface area contributed by atoms with Gasteiger partial charge in [-0.15, -0.1) is 0 Å². The monoisotopic (exact) mass is 1600 g/mol. The lowest BCUT2D eigenvalue weighted by atomic mass is 9.85. The maximum absolute atomic E-state index is 4.54. The molecule has 0 atom stereocenters. The van der Waals surface area contributed by atoms with Crippen LogP contribution in [0.25, 0.3) is 65.9 Å². The summed E-state index contributed by atoms with van der Waals surface area (Å²) in [5.41, 5.74) is 29.4. The summed E-state index contributed by atoms with van der Waals surface area (Å²) < 4.78 is 15.3. The summed E-state index contributed by atoms with van der Waals surface area (Å²) in [4.78, 5) is 21.9. The predicted octanol–water partition coefficient (Wildman–Crippen LogP) is 29.6. The summed E-state index contributed by atoms with van der Waals surface area (Å²) in [7, 11) is 10.6. The lowest BCUT2D eigenvalue weighted by Gasteiger charge is -2.19. The van der Waals surface area contributed by atoms with E-state index in [2.05, 4.69) is 353 Å². The Morgan fingerprint density at radius 2 is 0.632 bits per heavy atom. The largest absolute Gasteiger partial charge is 0.348 e. The summed E-state index contributed by atoms with van der Waals surface area (Å²) in [6, 6.07) is 33.4. The average molecular weight is 1600 g/mol. The normalized spacial score (nSPS) is 11.2. The van der Waals surface area contributed by atoms with Gasteiger partial charge < -0.3 is 27.2 Å². The van der Waals surface area contributed by atoms with Crippen molar-refractivity contribution in [3.63, 3.8) is 0 Å². The molecule has 14 rings (SSSR count). The van der Waals surface area contributed by atoms with E-state index in [-0.39, 0.29) is 37.9 Å². The molecule has 646 valence electrons. The first kappa shape index (κ1) is 106. The molecule has 0 N–H and O–H groups in total. The Hall–Kier alpha value is -9.10. The van der Waals surface area contributed by atoms with Crippen LogP contribution in [0.2, 0.25) is 0 Å². The van der Waals surface area contributed by atoms with Crippen molar-refractivity contribution in [3.05, 3.63) is 226 Å². The molecule has 0 saturated carbocycles. The van der Waals surface area contributed by atoms with Crippen LogP contribution in [0.15, 0.2) is 147 Å². The maximum atomic E-state index is 4.54. The number of rotatable bonds is 0. The number of para-hydroxylation sites is 1. The molecule has 14 aromatic rings. The van der Waals surface area contributed by atoms with E-state index in [4.69, 9.17) is 0 Å². The second-order valence-electron chi connectivity index (χ2n) is 35.4. The van der Waals surface area contributed by atoms with Gasteiger partial charge >= 0.3 is 0 Å². The van der Waals surface area contributed by atoms with Gasteiger partial charge in [0.2, 0.25) is 0 Å². The second-order valence-corrected chi connectivity index (χ2v) is 35.4. The first-order valence-corrected chi connectivity index (χ1v) is 43.7. The van der Waals surface area contributed by atoms with Gasteiger partial charge in [-0.25, -0.2) is 14.5 Å². The maximum Gasteiger partial charge on any atom is 0.140 e. The number of benzene rings is 1. The molecule has 13 nitrogen and oxygen atoms in total. The topological polar surface area (TPSA) is 111 Å². The van der Waals surface area contributed by atoms with Crippen LogP contribution >= 0.6 is 0 Å². The Morgan fingerprint density at radius 3 is 1.14 bits per heavy atom. The van der Waals surface area contributed by atoms with E-state index in [1.165, 1.54) is 117 Å². The number of pyridine rings is 6. The van der Waals surface area contributed by atoms with Crippen molar-refractivity contribution in [3.8, 4) is 0 Å². The molecule has 0 spiro atoms. The third-order valence-electron chi connectivity index (χ3n) is 20.1. The molecule has 0 bridgehead atoms. The van der Waals surface area contributed by atoms with Crippen molar-refractivity contribution < 1.29 is 0 Å². The van der Waals surface area contributed by atoms with Crippen molar-refractivity contribution in [1.82, 2.24) is 61.8 Å². The van der Waals surface area contributed by atoms with Crippen molar-refractivity contribution in [2.24, 2.45) is 35.2 Å². The first-order chi connectivity index (χ1) is 54.6. The highest BCUT2D eigenvalue weighted by Crippen LogP contribution is 2.39. The molecule has 13 aromatic heterocycles. The number of hydrogen-bond acceptors (Lipinski definition) is 6. The SMILES string of the molecule is CC.CC.CC.CC.CC.CC.CC.Cc1c(C(C)(C)C)c2ccccc2n1C.Cc1c(C(C)(C)C)c2cccnc2n1C.Cc1c(C(C)(C)C)c2ccncc2n1C.Cc1c(C(C)(C)C)c2cnccc2n1C.Cc1c(C(C)(C)C)c2ncccc2n1C.Cc1nc2ccccn2c1C(C)(C)C.Cc1nn2ccccc2c1C(C)(C)C. The van der Waals surface area contributed by atoms with Crippen LogP contribution in [0, 0.1) is 48.5 Å². The van der Waals surface area contributed by atoms with E-state index < -0.39 is 0 Å². The average Bonchev–Trinajstić information content (AvgIpc) is 1.54. The molecule has 13 heterocycles. The third kappa shape index (κ3) is 25.7. The molecule has 0 aliphatic heterocycles. The molecule has 1 aromatic carbocycles. The Labute approximate surface area is 713 Å². The molecule has 0 fully saturated rings. The van der Waals surface area contributed by atoms with Crippen LogP contribution in [-0.2, 0) is 73.1 Å². The van der Waals surface area contributed by atoms with E-state index in [1.807, 2.05) is 181 Å². The fraction of sp³-hybridized carbons (Fsp3) is 0.519. The van der Waals surface area contributed by atoms with E-state index >= 15 is 0 Å². The summed E-state index contributed by atoms with van der Waals surface area (Å²) in [6.07, 6.45) is 15.4. The minimum atomic E-state index is 0.144. The lowest BCUT2D eigenvalue weighted by Crippen LogP contribution is -2.15. The van der Waals surface area contributed by atoms with Gasteiger partial charge in [0.05, 0.1) is 50.9 Å². The number of nitrogens with zero attached hydrogens (tertiary/aromatic N) is 13. The summed E-state index contributed by atoms with van der Waals surface area (Å²) in [5, 5.41) is 9.79. The van der Waals surface area contributed by atoms with Gasteiger partial charge in [0.15, 0.2) is 0 Å². The predicted molar refractivity (Wildman–Crippen MR) is 520 cm³/mol. The van der Waals surface area contributed by atoms with Crippen molar-refractivity contribution >= 4 is 65.9 Å². The van der Waals surface area contributed by atoms with Crippen molar-refractivity contribution in [2.75, 3.05) is 0 Å². The van der Waals surface area contributed by atoms with Gasteiger partial charge in [-0.1, -0.05) is 273 Å². The summed E-state index contributed by atoms with van der Waals surface area (Å²) in [6.45, 7) is 90.2. The Morgan fingerprint density at radius 1 is 0.274 bits per heavy atom. The molecular weight excluding hydrogens is 1430 g/mol. The van der Waals surface area contributed by atoms with Crippen LogP contribution in [0.5, 0.6) is 0 Å². The zero-order valence-electron chi connectivity index (χ0n) is 83.2. The van der Waals surface area contributed by atoms with Gasteiger partial charge in [-0.2, -0.15) is 5.10 Å². The summed E-state index contributed by atoms with van der Waals surface area (Å²) in [5.74, 6) is 0. The molecule has 0 unspecified atom stereocenters. The van der Waals surface area contributed by atoms with Crippen LogP contribution < -0.4 is 0 Å². The molecule has 0 radical (unpaired) electrons. The Bertz CT molecular complexity index is 4630. The van der Waals surface area contributed by atoms with Crippen LogP contribution in [0.1, 0.15) is 321 Å². The summed E-state index contributed by atoms with van der Waals surface area (Å²) >= 11 is 0. The minimum Gasteiger partial charge on any atom is -0.348 e. The zero-order valence-corrected chi connectivity index (χ0v) is 83.2. The van der Waals surface area contributed by atoms with E-state index in [0.29, 0.717) is 0 Å². The highest BCUT2D eigenvalue weighted by molar-refractivity contribution is 5.88. The van der Waals surface area contributed by atoms with Crippen molar-refractivity contribution in [1.29, 1.82) is 0 Å². The quantitative estimate of drug-likeness (QED) is 0.150. The highest BCUT2D eigenvalue weighted by Gasteiger charge is 2.29. The number of fused-ring (bicyclic) bond motifs is 7. The van der Waals surface area contributed by atoms with Crippen LogP contribution in [-0.4, -0.2) is 61.8 Å². The second kappa shape index (κ2) is 45.7. The first-order valence-electron chi connectivity index (χ1n) is 43.7. The Kier molecular flexibility index (Phi) is 41.4. The fourth-order valence-corrected chi connectivity index (χ4v) is 15.9.